The molecule has 0 spiro atoms. The number of aryl methyl sites for hydroxylation is 1. The minimum Gasteiger partial charge on any atom is -0.330 e. The van der Waals surface area contributed by atoms with Gasteiger partial charge in [-0.3, -0.25) is 0 Å². The highest BCUT2D eigenvalue weighted by atomic mass is 35.5. The molecule has 0 fully saturated rings. The van der Waals surface area contributed by atoms with Crippen molar-refractivity contribution in [3.63, 3.8) is 0 Å². The fourth-order valence-corrected chi connectivity index (χ4v) is 2.48. The molecular weight excluding hydrogens is 274 g/mol. The Hall–Kier alpha value is -1.13. The van der Waals surface area contributed by atoms with Gasteiger partial charge in [-0.1, -0.05) is 0 Å². The molecule has 0 aromatic heterocycles. The van der Waals surface area contributed by atoms with Gasteiger partial charge in [0.25, 0.3) is 0 Å². The molecule has 3 N–H and O–H groups in total. The summed E-state index contributed by atoms with van der Waals surface area (Å²) in [5.74, 6) is 0. The lowest BCUT2D eigenvalue weighted by molar-refractivity contribution is 0.579. The first-order chi connectivity index (χ1) is 8.01. The van der Waals surface area contributed by atoms with E-state index in [4.69, 9.17) is 11.0 Å². The number of halogens is 1. The van der Waals surface area contributed by atoms with E-state index in [1.165, 1.54) is 18.2 Å². The summed E-state index contributed by atoms with van der Waals surface area (Å²) in [7, 11) is -3.49. The van der Waals surface area contributed by atoms with E-state index in [-0.39, 0.29) is 17.3 Å². The van der Waals surface area contributed by atoms with Gasteiger partial charge in [-0.15, -0.1) is 12.4 Å². The molecule has 0 unspecified atom stereocenters. The summed E-state index contributed by atoms with van der Waals surface area (Å²) in [5, 5.41) is 8.76. The Morgan fingerprint density at radius 2 is 2.11 bits per heavy atom. The molecule has 0 aliphatic rings. The van der Waals surface area contributed by atoms with Gasteiger partial charge in [0.15, 0.2) is 0 Å². The van der Waals surface area contributed by atoms with Crippen molar-refractivity contribution in [3.8, 4) is 6.07 Å². The molecular formula is C11H16ClN3O2S. The Morgan fingerprint density at radius 3 is 2.61 bits per heavy atom. The summed E-state index contributed by atoms with van der Waals surface area (Å²) in [6.07, 6.45) is 0.592. The van der Waals surface area contributed by atoms with E-state index in [9.17, 15) is 8.42 Å². The van der Waals surface area contributed by atoms with E-state index < -0.39 is 10.0 Å². The van der Waals surface area contributed by atoms with Crippen molar-refractivity contribution < 1.29 is 8.42 Å². The molecule has 5 nitrogen and oxygen atoms in total. The zero-order valence-electron chi connectivity index (χ0n) is 10.0. The molecule has 0 bridgehead atoms. The first-order valence-corrected chi connectivity index (χ1v) is 6.70. The maximum Gasteiger partial charge on any atom is 0.240 e. The van der Waals surface area contributed by atoms with Crippen LogP contribution < -0.4 is 10.5 Å². The van der Waals surface area contributed by atoms with Gasteiger partial charge < -0.3 is 5.73 Å². The normalized spacial score (nSPS) is 10.5. The zero-order chi connectivity index (χ0) is 12.9. The van der Waals surface area contributed by atoms with E-state index >= 15 is 0 Å². The number of sulfonamides is 1. The van der Waals surface area contributed by atoms with Gasteiger partial charge in [0.1, 0.15) is 0 Å². The lowest BCUT2D eigenvalue weighted by Gasteiger charge is -2.07. The van der Waals surface area contributed by atoms with Crippen molar-refractivity contribution in [2.75, 3.05) is 13.1 Å². The number of benzene rings is 1. The smallest absolute Gasteiger partial charge is 0.240 e. The van der Waals surface area contributed by atoms with Gasteiger partial charge in [0, 0.05) is 6.54 Å². The first kappa shape index (κ1) is 16.9. The van der Waals surface area contributed by atoms with Gasteiger partial charge >= 0.3 is 0 Å². The Balaban J connectivity index is 0.00000289. The van der Waals surface area contributed by atoms with Gasteiger partial charge in [-0.05, 0) is 43.7 Å². The Bertz CT molecular complexity index is 538. The van der Waals surface area contributed by atoms with E-state index in [0.29, 0.717) is 30.6 Å². The van der Waals surface area contributed by atoms with Gasteiger partial charge in [0.2, 0.25) is 10.0 Å². The number of nitrogens with one attached hydrogen (secondary N) is 1. The second-order valence-corrected chi connectivity index (χ2v) is 5.40. The lowest BCUT2D eigenvalue weighted by Crippen LogP contribution is -2.26. The zero-order valence-corrected chi connectivity index (χ0v) is 11.6. The van der Waals surface area contributed by atoms with Crippen LogP contribution in [0.5, 0.6) is 0 Å². The van der Waals surface area contributed by atoms with E-state index in [1.807, 2.05) is 6.07 Å². The number of nitriles is 1. The highest BCUT2D eigenvalue weighted by molar-refractivity contribution is 7.89. The summed E-state index contributed by atoms with van der Waals surface area (Å²) in [4.78, 5) is 0.172. The number of nitrogens with two attached hydrogens (primary N) is 1. The standard InChI is InChI=1S/C11H15N3O2S.ClH/c1-9-7-11(4-3-10(9)8-13)17(15,16)14-6-2-5-12;/h3-4,7,14H,2,5-6,12H2,1H3;1H. The van der Waals surface area contributed by atoms with Crippen molar-refractivity contribution in [1.29, 1.82) is 5.26 Å². The average Bonchev–Trinajstić information content (AvgIpc) is 2.29. The summed E-state index contributed by atoms with van der Waals surface area (Å²) >= 11 is 0. The van der Waals surface area contributed by atoms with Gasteiger partial charge in [-0.2, -0.15) is 5.26 Å². The SMILES string of the molecule is Cc1cc(S(=O)(=O)NCCCN)ccc1C#N.Cl. The Labute approximate surface area is 113 Å². The van der Waals surface area contributed by atoms with Crippen LogP contribution >= 0.6 is 12.4 Å². The highest BCUT2D eigenvalue weighted by Crippen LogP contribution is 2.14. The molecule has 18 heavy (non-hydrogen) atoms. The van der Waals surface area contributed by atoms with Crippen LogP contribution in [0.1, 0.15) is 17.5 Å². The first-order valence-electron chi connectivity index (χ1n) is 5.22. The third-order valence-corrected chi connectivity index (χ3v) is 3.76. The number of rotatable bonds is 5. The van der Waals surface area contributed by atoms with Crippen molar-refractivity contribution in [2.24, 2.45) is 5.73 Å². The van der Waals surface area contributed by atoms with Crippen molar-refractivity contribution in [1.82, 2.24) is 4.72 Å². The van der Waals surface area contributed by atoms with Crippen LogP contribution in [-0.4, -0.2) is 21.5 Å². The van der Waals surface area contributed by atoms with Crippen LogP contribution in [0.25, 0.3) is 0 Å². The predicted octanol–water partition coefficient (Wildman–Crippen LogP) is 0.916. The van der Waals surface area contributed by atoms with Crippen molar-refractivity contribution in [2.45, 2.75) is 18.2 Å². The van der Waals surface area contributed by atoms with Crippen LogP contribution in [0.15, 0.2) is 23.1 Å². The van der Waals surface area contributed by atoms with Crippen LogP contribution in [0.3, 0.4) is 0 Å². The monoisotopic (exact) mass is 289 g/mol. The molecule has 100 valence electrons. The van der Waals surface area contributed by atoms with Crippen molar-refractivity contribution >= 4 is 22.4 Å². The molecule has 0 saturated carbocycles. The van der Waals surface area contributed by atoms with E-state index in [1.54, 1.807) is 6.92 Å². The minimum atomic E-state index is -3.49. The minimum absolute atomic E-state index is 0. The van der Waals surface area contributed by atoms with E-state index in [0.717, 1.165) is 0 Å². The second-order valence-electron chi connectivity index (χ2n) is 3.63. The Morgan fingerprint density at radius 1 is 1.44 bits per heavy atom. The molecule has 0 aliphatic carbocycles. The molecule has 0 amide bonds. The fourth-order valence-electron chi connectivity index (χ4n) is 1.32. The molecule has 0 atom stereocenters. The topological polar surface area (TPSA) is 96.0 Å². The second kappa shape index (κ2) is 7.34. The van der Waals surface area contributed by atoms with Crippen LogP contribution in [0.4, 0.5) is 0 Å². The molecule has 1 aromatic rings. The molecule has 1 rings (SSSR count). The quantitative estimate of drug-likeness (QED) is 0.788. The molecule has 0 heterocycles. The highest BCUT2D eigenvalue weighted by Gasteiger charge is 2.14. The maximum atomic E-state index is 11.8. The van der Waals surface area contributed by atoms with Gasteiger partial charge in [0.05, 0.1) is 16.5 Å². The summed E-state index contributed by atoms with van der Waals surface area (Å²) in [6.45, 7) is 2.46. The third kappa shape index (κ3) is 4.27. The predicted molar refractivity (Wildman–Crippen MR) is 72.0 cm³/mol. The van der Waals surface area contributed by atoms with E-state index in [2.05, 4.69) is 4.72 Å². The van der Waals surface area contributed by atoms with Crippen LogP contribution in [0.2, 0.25) is 0 Å². The maximum absolute atomic E-state index is 11.8. The fraction of sp³-hybridized carbons (Fsp3) is 0.364. The van der Waals surface area contributed by atoms with Crippen molar-refractivity contribution in [3.05, 3.63) is 29.3 Å². The number of hydrogen-bond donors (Lipinski definition) is 2. The summed E-state index contributed by atoms with van der Waals surface area (Å²) in [5.41, 5.74) is 6.41. The molecule has 0 aliphatic heterocycles. The third-order valence-electron chi connectivity index (χ3n) is 2.30. The molecule has 1 aromatic carbocycles. The molecule has 7 heteroatoms. The summed E-state index contributed by atoms with van der Waals surface area (Å²) < 4.78 is 26.1. The molecule has 0 radical (unpaired) electrons. The Kier molecular flexibility index (Phi) is 6.88. The molecule has 0 saturated heterocycles. The lowest BCUT2D eigenvalue weighted by atomic mass is 10.1. The van der Waals surface area contributed by atoms with Crippen LogP contribution in [-0.2, 0) is 10.0 Å². The average molecular weight is 290 g/mol. The summed E-state index contributed by atoms with van der Waals surface area (Å²) in [6, 6.07) is 6.42. The number of hydrogen-bond acceptors (Lipinski definition) is 4. The van der Waals surface area contributed by atoms with Gasteiger partial charge in [-0.25, -0.2) is 13.1 Å². The number of nitrogens with zero attached hydrogens (tertiary/aromatic N) is 1. The largest absolute Gasteiger partial charge is 0.330 e. The van der Waals surface area contributed by atoms with Crippen LogP contribution in [0, 0.1) is 18.3 Å².